The minimum Gasteiger partial charge on any atom is -0.349 e. The van der Waals surface area contributed by atoms with Crippen LogP contribution in [0.4, 0.5) is 0 Å². The van der Waals surface area contributed by atoms with Gasteiger partial charge in [0.05, 0.1) is 23.5 Å². The molecule has 0 aliphatic carbocycles. The number of rotatable bonds is 3. The SMILES string of the molecule is O=C(NCc1nc2ccccc2[nH]1)C1CSc2nccc(=O)n2C1. The number of H-pyrrole nitrogens is 1. The molecule has 1 aromatic carbocycles. The summed E-state index contributed by atoms with van der Waals surface area (Å²) in [4.78, 5) is 36.1. The van der Waals surface area contributed by atoms with Crippen LogP contribution in [-0.4, -0.2) is 31.2 Å². The van der Waals surface area contributed by atoms with Gasteiger partial charge in [0.15, 0.2) is 5.16 Å². The van der Waals surface area contributed by atoms with Crippen molar-refractivity contribution in [3.8, 4) is 0 Å². The number of carbonyl (C=O) groups excluding carboxylic acids is 1. The maximum Gasteiger partial charge on any atom is 0.254 e. The first-order valence-corrected chi connectivity index (χ1v) is 8.59. The number of aromatic nitrogens is 4. The Kier molecular flexibility index (Phi) is 3.81. The Bertz CT molecular complexity index is 931. The average Bonchev–Trinajstić information content (AvgIpc) is 3.03. The Morgan fingerprint density at radius 1 is 1.38 bits per heavy atom. The molecule has 4 rings (SSSR count). The molecule has 0 bridgehead atoms. The van der Waals surface area contributed by atoms with Crippen LogP contribution < -0.4 is 10.9 Å². The van der Waals surface area contributed by atoms with Gasteiger partial charge in [-0.2, -0.15) is 0 Å². The number of thioether (sulfide) groups is 1. The Morgan fingerprint density at radius 2 is 2.25 bits per heavy atom. The van der Waals surface area contributed by atoms with E-state index in [4.69, 9.17) is 0 Å². The zero-order valence-corrected chi connectivity index (χ0v) is 13.5. The number of carbonyl (C=O) groups is 1. The number of hydrogen-bond acceptors (Lipinski definition) is 5. The van der Waals surface area contributed by atoms with Gasteiger partial charge in [0, 0.05) is 24.6 Å². The number of fused-ring (bicyclic) bond motifs is 2. The first-order valence-electron chi connectivity index (χ1n) is 7.61. The Hall–Kier alpha value is -2.61. The molecule has 0 saturated carbocycles. The number of amides is 1. The van der Waals surface area contributed by atoms with Crippen molar-refractivity contribution in [1.29, 1.82) is 0 Å². The van der Waals surface area contributed by atoms with Crippen LogP contribution in [-0.2, 0) is 17.9 Å². The monoisotopic (exact) mass is 341 g/mol. The number of nitrogens with one attached hydrogen (secondary N) is 2. The van der Waals surface area contributed by atoms with E-state index >= 15 is 0 Å². The van der Waals surface area contributed by atoms with Gasteiger partial charge in [0.1, 0.15) is 5.82 Å². The zero-order chi connectivity index (χ0) is 16.5. The second-order valence-corrected chi connectivity index (χ2v) is 6.59. The first kappa shape index (κ1) is 14.9. The number of aromatic amines is 1. The van der Waals surface area contributed by atoms with Crippen molar-refractivity contribution >= 4 is 28.7 Å². The van der Waals surface area contributed by atoms with Gasteiger partial charge in [-0.05, 0) is 12.1 Å². The molecule has 1 atom stereocenters. The van der Waals surface area contributed by atoms with Gasteiger partial charge in [-0.1, -0.05) is 23.9 Å². The highest BCUT2D eigenvalue weighted by molar-refractivity contribution is 7.99. The molecular formula is C16H15N5O2S. The molecule has 0 fully saturated rings. The van der Waals surface area contributed by atoms with Crippen LogP contribution in [0.1, 0.15) is 5.82 Å². The largest absolute Gasteiger partial charge is 0.349 e. The van der Waals surface area contributed by atoms with Crippen molar-refractivity contribution in [2.75, 3.05) is 5.75 Å². The van der Waals surface area contributed by atoms with Gasteiger partial charge in [-0.3, -0.25) is 14.2 Å². The third kappa shape index (κ3) is 2.80. The molecule has 0 radical (unpaired) electrons. The van der Waals surface area contributed by atoms with Crippen molar-refractivity contribution in [2.24, 2.45) is 5.92 Å². The molecule has 0 spiro atoms. The van der Waals surface area contributed by atoms with Crippen molar-refractivity contribution in [3.05, 3.63) is 52.7 Å². The van der Waals surface area contributed by atoms with Crippen LogP contribution in [0, 0.1) is 5.92 Å². The van der Waals surface area contributed by atoms with Crippen LogP contribution >= 0.6 is 11.8 Å². The standard InChI is InChI=1S/C16H15N5O2S/c22-14-5-6-17-16-21(14)8-10(9-24-16)15(23)18-7-13-19-11-3-1-2-4-12(11)20-13/h1-6,10H,7-9H2,(H,18,23)(H,19,20). The van der Waals surface area contributed by atoms with E-state index in [2.05, 4.69) is 20.3 Å². The van der Waals surface area contributed by atoms with Crippen LogP contribution in [0.3, 0.4) is 0 Å². The van der Waals surface area contributed by atoms with Crippen LogP contribution in [0.25, 0.3) is 11.0 Å². The molecule has 3 heterocycles. The Labute approximate surface area is 141 Å². The lowest BCUT2D eigenvalue weighted by atomic mass is 10.1. The molecule has 1 aliphatic rings. The van der Waals surface area contributed by atoms with Crippen molar-refractivity contribution in [2.45, 2.75) is 18.2 Å². The smallest absolute Gasteiger partial charge is 0.254 e. The van der Waals surface area contributed by atoms with E-state index in [-0.39, 0.29) is 17.4 Å². The predicted octanol–water partition coefficient (Wildman–Crippen LogP) is 1.16. The van der Waals surface area contributed by atoms with Crippen molar-refractivity contribution in [1.82, 2.24) is 24.8 Å². The van der Waals surface area contributed by atoms with E-state index in [0.29, 0.717) is 29.8 Å². The van der Waals surface area contributed by atoms with Gasteiger partial charge in [-0.15, -0.1) is 0 Å². The molecule has 7 nitrogen and oxygen atoms in total. The van der Waals surface area contributed by atoms with Gasteiger partial charge in [-0.25, -0.2) is 9.97 Å². The van der Waals surface area contributed by atoms with Gasteiger partial charge >= 0.3 is 0 Å². The van der Waals surface area contributed by atoms with Gasteiger partial charge in [0.2, 0.25) is 5.91 Å². The molecule has 1 amide bonds. The average molecular weight is 341 g/mol. The third-order valence-electron chi connectivity index (χ3n) is 3.95. The summed E-state index contributed by atoms with van der Waals surface area (Å²) in [6, 6.07) is 9.14. The molecule has 3 aromatic rings. The minimum absolute atomic E-state index is 0.0793. The summed E-state index contributed by atoms with van der Waals surface area (Å²) < 4.78 is 1.56. The first-order chi connectivity index (χ1) is 11.7. The van der Waals surface area contributed by atoms with E-state index in [1.165, 1.54) is 24.0 Å². The Morgan fingerprint density at radius 3 is 3.12 bits per heavy atom. The summed E-state index contributed by atoms with van der Waals surface area (Å²) in [5, 5.41) is 3.57. The van der Waals surface area contributed by atoms with Crippen LogP contribution in [0.2, 0.25) is 0 Å². The predicted molar refractivity (Wildman–Crippen MR) is 90.7 cm³/mol. The van der Waals surface area contributed by atoms with Gasteiger partial charge < -0.3 is 10.3 Å². The van der Waals surface area contributed by atoms with E-state index in [1.54, 1.807) is 4.57 Å². The van der Waals surface area contributed by atoms with E-state index < -0.39 is 0 Å². The highest BCUT2D eigenvalue weighted by Crippen LogP contribution is 2.24. The maximum absolute atomic E-state index is 12.4. The fourth-order valence-electron chi connectivity index (χ4n) is 2.71. The maximum atomic E-state index is 12.4. The summed E-state index contributed by atoms with van der Waals surface area (Å²) >= 11 is 1.43. The molecule has 1 aliphatic heterocycles. The number of imidazole rings is 1. The third-order valence-corrected chi connectivity index (χ3v) is 5.11. The Balaban J connectivity index is 1.43. The lowest BCUT2D eigenvalue weighted by molar-refractivity contribution is -0.125. The number of para-hydroxylation sites is 2. The van der Waals surface area contributed by atoms with Crippen molar-refractivity contribution in [3.63, 3.8) is 0 Å². The highest BCUT2D eigenvalue weighted by Gasteiger charge is 2.26. The minimum atomic E-state index is -0.256. The van der Waals surface area contributed by atoms with E-state index in [1.807, 2.05) is 24.3 Å². The molecule has 24 heavy (non-hydrogen) atoms. The highest BCUT2D eigenvalue weighted by atomic mass is 32.2. The summed E-state index contributed by atoms with van der Waals surface area (Å²) in [6.45, 7) is 0.699. The lowest BCUT2D eigenvalue weighted by Gasteiger charge is -2.23. The molecule has 0 saturated heterocycles. The number of nitrogens with zero attached hydrogens (tertiary/aromatic N) is 3. The quantitative estimate of drug-likeness (QED) is 0.698. The fraction of sp³-hybridized carbons (Fsp3) is 0.250. The number of hydrogen-bond donors (Lipinski definition) is 2. The lowest BCUT2D eigenvalue weighted by Crippen LogP contribution is -2.39. The molecular weight excluding hydrogens is 326 g/mol. The zero-order valence-electron chi connectivity index (χ0n) is 12.7. The normalized spacial score (nSPS) is 16.8. The molecule has 8 heteroatoms. The summed E-state index contributed by atoms with van der Waals surface area (Å²) in [5.74, 6) is 0.993. The van der Waals surface area contributed by atoms with Crippen LogP contribution in [0.15, 0.2) is 46.5 Å². The molecule has 1 unspecified atom stereocenters. The second-order valence-electron chi connectivity index (χ2n) is 5.60. The summed E-state index contributed by atoms with van der Waals surface area (Å²) in [5.41, 5.74) is 1.70. The van der Waals surface area contributed by atoms with Crippen molar-refractivity contribution < 1.29 is 4.79 Å². The second kappa shape index (κ2) is 6.12. The van der Waals surface area contributed by atoms with E-state index in [9.17, 15) is 9.59 Å². The summed E-state index contributed by atoms with van der Waals surface area (Å²) in [6.07, 6.45) is 1.50. The molecule has 2 aromatic heterocycles. The molecule has 2 N–H and O–H groups in total. The summed E-state index contributed by atoms with van der Waals surface area (Å²) in [7, 11) is 0. The van der Waals surface area contributed by atoms with Crippen LogP contribution in [0.5, 0.6) is 0 Å². The fourth-order valence-corrected chi connectivity index (χ4v) is 3.78. The number of benzene rings is 1. The topological polar surface area (TPSA) is 92.7 Å². The molecule has 122 valence electrons. The van der Waals surface area contributed by atoms with E-state index in [0.717, 1.165) is 11.0 Å². The van der Waals surface area contributed by atoms with Gasteiger partial charge in [0.25, 0.3) is 5.56 Å².